The van der Waals surface area contributed by atoms with Crippen molar-refractivity contribution >= 4 is 33.6 Å². The van der Waals surface area contributed by atoms with Crippen molar-refractivity contribution < 1.29 is 0 Å². The molecule has 9 aromatic rings. The van der Waals surface area contributed by atoms with E-state index in [0.29, 0.717) is 0 Å². The maximum atomic E-state index is 5.66. The molecule has 364 valence electrons. The predicted molar refractivity (Wildman–Crippen MR) is 312 cm³/mol. The highest BCUT2D eigenvalue weighted by Gasteiger charge is 2.24. The third-order valence-corrected chi connectivity index (χ3v) is 15.3. The molecule has 2 aromatic heterocycles. The van der Waals surface area contributed by atoms with Gasteiger partial charge in [0.2, 0.25) is 0 Å². The molecule has 0 radical (unpaired) electrons. The van der Waals surface area contributed by atoms with Gasteiger partial charge in [0, 0.05) is 50.6 Å². The van der Waals surface area contributed by atoms with Gasteiger partial charge in [-0.2, -0.15) is 0 Å². The number of aromatic amines is 2. The first-order valence-electron chi connectivity index (χ1n) is 26.1. The van der Waals surface area contributed by atoms with Crippen LogP contribution >= 0.6 is 0 Å². The van der Waals surface area contributed by atoms with Crippen LogP contribution in [0.25, 0.3) is 27.9 Å². The molecule has 0 amide bonds. The van der Waals surface area contributed by atoms with Gasteiger partial charge in [-0.1, -0.05) is 150 Å². The molecule has 0 saturated carbocycles. The second-order valence-electron chi connectivity index (χ2n) is 21.3. The molecular weight excluding hydrogens is 895 g/mol. The zero-order valence-electron chi connectivity index (χ0n) is 45.0. The van der Waals surface area contributed by atoms with E-state index >= 15 is 0 Å². The van der Waals surface area contributed by atoms with Gasteiger partial charge in [0.05, 0.1) is 11.4 Å². The standard InChI is InChI=1S/C71H65N3/c1-40-32-44(5)63(45(6)33-40)68-53-18-22-55(23-19-53)70(65-48(9)36-42(3)37-49(65)10)61-30-31-62(74-61)71(66-50(11)38-43(4)39-51(66)12)56-24-20-54(21-25-56)69(64-46(7)34-41(2)35-47(64)8)60-29-27-58(73-60)67(52-16-14-13-15-17-52)57-26-28-59(68)72-57/h13-39,72,74H,1-12H3/b67-57?,67-58-,68-53?,68-59?,69-54?,69-60?,70-55?,70-61?,71-56?,71-62?. The Morgan fingerprint density at radius 3 is 0.892 bits per heavy atom. The second-order valence-corrected chi connectivity index (χ2v) is 21.3. The average Bonchev–Trinajstić information content (AvgIpc) is 4.15. The first-order valence-corrected chi connectivity index (χ1v) is 26.1. The maximum absolute atomic E-state index is 5.66. The first-order chi connectivity index (χ1) is 35.6. The fourth-order valence-corrected chi connectivity index (χ4v) is 12.7. The minimum absolute atomic E-state index is 0.917. The van der Waals surface area contributed by atoms with Gasteiger partial charge in [0.25, 0.3) is 0 Å². The fraction of sp³-hybridized carbons (Fsp3) is 0.169. The molecule has 3 nitrogen and oxygen atoms in total. The molecule has 74 heavy (non-hydrogen) atoms. The summed E-state index contributed by atoms with van der Waals surface area (Å²) in [7, 11) is 0. The number of H-pyrrole nitrogens is 2. The van der Waals surface area contributed by atoms with Crippen LogP contribution in [0.3, 0.4) is 0 Å². The summed E-state index contributed by atoms with van der Waals surface area (Å²) in [4.78, 5) is 13.8. The summed E-state index contributed by atoms with van der Waals surface area (Å²) in [5.74, 6) is 0. The molecule has 10 bridgehead atoms. The molecule has 0 fully saturated rings. The Morgan fingerprint density at radius 2 is 0.568 bits per heavy atom. The zero-order chi connectivity index (χ0) is 51.7. The van der Waals surface area contributed by atoms with E-state index in [1.807, 2.05) is 0 Å². The van der Waals surface area contributed by atoms with Crippen LogP contribution in [0.1, 0.15) is 117 Å². The van der Waals surface area contributed by atoms with Crippen LogP contribution in [0.5, 0.6) is 0 Å². The van der Waals surface area contributed by atoms with Gasteiger partial charge in [-0.3, -0.25) is 0 Å². The number of nitrogens with zero attached hydrogens (tertiary/aromatic N) is 1. The number of aliphatic imine (C=N–C) groups is 1. The third kappa shape index (κ3) is 8.60. The number of hydrogen-bond acceptors (Lipinski definition) is 1. The van der Waals surface area contributed by atoms with E-state index in [0.717, 1.165) is 71.8 Å². The number of hydrogen-bond donors (Lipinski definition) is 2. The third-order valence-electron chi connectivity index (χ3n) is 15.3. The molecule has 5 aliphatic heterocycles. The maximum Gasteiger partial charge on any atom is 0.0737 e. The molecule has 5 aliphatic rings. The number of aromatic nitrogens is 2. The normalized spacial score (nSPS) is 14.5. The van der Waals surface area contributed by atoms with Crippen LogP contribution in [-0.4, -0.2) is 15.7 Å². The highest BCUT2D eigenvalue weighted by molar-refractivity contribution is 6.31. The van der Waals surface area contributed by atoms with E-state index in [2.05, 4.69) is 257 Å². The SMILES string of the molecule is Cc1cc(C)c(C2=c3ccc(cc3)=C(c3c(C)cc(C)cc3C)c3ccc([nH]3)C(c3c(C)cc(C)cc3C)=c3ccc(cc3)=C(c3c(C)cc(C)cc3C)c3ccc([nH]3)/C(c3ccccc3)=C3/C=CC2=N3)c(C)c1. The van der Waals surface area contributed by atoms with Crippen molar-refractivity contribution in [3.63, 3.8) is 0 Å². The van der Waals surface area contributed by atoms with E-state index in [9.17, 15) is 0 Å². The van der Waals surface area contributed by atoms with Gasteiger partial charge in [-0.05, 0) is 213 Å². The van der Waals surface area contributed by atoms with Crippen molar-refractivity contribution in [2.24, 2.45) is 4.99 Å². The lowest BCUT2D eigenvalue weighted by Gasteiger charge is -2.18. The zero-order valence-corrected chi connectivity index (χ0v) is 45.0. The van der Waals surface area contributed by atoms with Gasteiger partial charge < -0.3 is 9.97 Å². The summed E-state index contributed by atoms with van der Waals surface area (Å²) >= 11 is 0. The number of rotatable bonds is 5. The van der Waals surface area contributed by atoms with Crippen LogP contribution in [0.15, 0.2) is 175 Å². The van der Waals surface area contributed by atoms with Crippen LogP contribution in [0, 0.1) is 83.1 Å². The number of nitrogens with one attached hydrogen (secondary N) is 2. The quantitative estimate of drug-likeness (QED) is 0.173. The second kappa shape index (κ2) is 19.0. The Balaban J connectivity index is 1.31. The molecule has 2 N–H and O–H groups in total. The van der Waals surface area contributed by atoms with Crippen LogP contribution in [-0.2, 0) is 0 Å². The van der Waals surface area contributed by atoms with Crippen LogP contribution in [0.4, 0.5) is 0 Å². The van der Waals surface area contributed by atoms with Crippen molar-refractivity contribution in [3.8, 4) is 0 Å². The van der Waals surface area contributed by atoms with Gasteiger partial charge in [0.15, 0.2) is 0 Å². The van der Waals surface area contributed by atoms with Crippen molar-refractivity contribution in [1.29, 1.82) is 0 Å². The fourth-order valence-electron chi connectivity index (χ4n) is 12.7. The Bertz CT molecular complexity index is 4040. The van der Waals surface area contributed by atoms with Crippen molar-refractivity contribution in [1.82, 2.24) is 9.97 Å². The van der Waals surface area contributed by atoms with Crippen molar-refractivity contribution in [3.05, 3.63) is 308 Å². The average molecular weight is 960 g/mol. The smallest absolute Gasteiger partial charge is 0.0737 e. The summed E-state index contributed by atoms with van der Waals surface area (Å²) in [6.45, 7) is 26.8. The number of allylic oxidation sites excluding steroid dienone is 2. The molecular formula is C71H65N3. The molecule has 7 heterocycles. The Labute approximate surface area is 437 Å². The summed E-state index contributed by atoms with van der Waals surface area (Å²) in [5.41, 5.74) is 32.8. The van der Waals surface area contributed by atoms with Gasteiger partial charge in [0.1, 0.15) is 0 Å². The van der Waals surface area contributed by atoms with Crippen LogP contribution < -0.4 is 20.9 Å². The summed E-state index contributed by atoms with van der Waals surface area (Å²) < 4.78 is 0. The lowest BCUT2D eigenvalue weighted by Crippen LogP contribution is -2.19. The molecule has 0 saturated heterocycles. The summed E-state index contributed by atoms with van der Waals surface area (Å²) in [5, 5.41) is 4.56. The number of benzene rings is 7. The molecule has 0 spiro atoms. The van der Waals surface area contributed by atoms with E-state index in [-0.39, 0.29) is 0 Å². The molecule has 14 rings (SSSR count). The lowest BCUT2D eigenvalue weighted by molar-refractivity contribution is 1.22. The number of aryl methyl sites for hydroxylation is 12. The molecule has 0 atom stereocenters. The Hall–Kier alpha value is -8.27. The monoisotopic (exact) mass is 960 g/mol. The largest absolute Gasteiger partial charge is 0.354 e. The van der Waals surface area contributed by atoms with E-state index in [1.54, 1.807) is 0 Å². The van der Waals surface area contributed by atoms with Crippen molar-refractivity contribution in [2.75, 3.05) is 0 Å². The predicted octanol–water partition coefficient (Wildman–Crippen LogP) is 13.8. The highest BCUT2D eigenvalue weighted by atomic mass is 14.8. The van der Waals surface area contributed by atoms with Gasteiger partial charge >= 0.3 is 0 Å². The minimum atomic E-state index is 0.917. The Kier molecular flexibility index (Phi) is 12.3. The van der Waals surface area contributed by atoms with Crippen molar-refractivity contribution in [2.45, 2.75) is 83.1 Å². The van der Waals surface area contributed by atoms with E-state index < -0.39 is 0 Å². The summed E-state index contributed by atoms with van der Waals surface area (Å²) in [6, 6.07) is 57.0. The van der Waals surface area contributed by atoms with E-state index in [4.69, 9.17) is 4.99 Å². The molecule has 3 heteroatoms. The molecule has 7 aromatic carbocycles. The molecule has 0 unspecified atom stereocenters. The first kappa shape index (κ1) is 48.0. The topological polar surface area (TPSA) is 43.9 Å². The summed E-state index contributed by atoms with van der Waals surface area (Å²) in [6.07, 6.45) is 4.43. The van der Waals surface area contributed by atoms with E-state index in [1.165, 1.54) is 106 Å². The Morgan fingerprint density at radius 1 is 0.284 bits per heavy atom. The lowest BCUT2D eigenvalue weighted by atomic mass is 9.88. The van der Waals surface area contributed by atoms with Gasteiger partial charge in [-0.25, -0.2) is 4.99 Å². The van der Waals surface area contributed by atoms with Crippen LogP contribution in [0.2, 0.25) is 0 Å². The molecule has 0 aliphatic carbocycles. The minimum Gasteiger partial charge on any atom is -0.354 e. The van der Waals surface area contributed by atoms with Gasteiger partial charge in [-0.15, -0.1) is 0 Å². The highest BCUT2D eigenvalue weighted by Crippen LogP contribution is 2.37.